The number of hydrogen-bond donors (Lipinski definition) is 2. The lowest BCUT2D eigenvalue weighted by atomic mass is 9.96. The van der Waals surface area contributed by atoms with Gasteiger partial charge in [-0.15, -0.1) is 0 Å². The number of aromatic hydroxyl groups is 1. The molecule has 0 radical (unpaired) electrons. The van der Waals surface area contributed by atoms with E-state index in [0.29, 0.717) is 25.9 Å². The lowest BCUT2D eigenvalue weighted by molar-refractivity contribution is -0.384. The predicted octanol–water partition coefficient (Wildman–Crippen LogP) is 1.96. The molecule has 1 aromatic carbocycles. The zero-order chi connectivity index (χ0) is 18.4. The minimum absolute atomic E-state index is 0.00571. The number of amides is 2. The maximum Gasteiger partial charge on any atom is 0.270 e. The fourth-order valence-electron chi connectivity index (χ4n) is 2.94. The molecule has 8 heteroatoms. The van der Waals surface area contributed by atoms with Crippen molar-refractivity contribution < 1.29 is 19.6 Å². The summed E-state index contributed by atoms with van der Waals surface area (Å²) >= 11 is 0. The summed E-state index contributed by atoms with van der Waals surface area (Å²) in [5, 5.41) is 23.3. The first-order valence-electron chi connectivity index (χ1n) is 8.44. The van der Waals surface area contributed by atoms with Gasteiger partial charge in [0.15, 0.2) is 0 Å². The molecule has 1 fully saturated rings. The third-order valence-corrected chi connectivity index (χ3v) is 4.34. The Morgan fingerprint density at radius 2 is 2.20 bits per heavy atom. The van der Waals surface area contributed by atoms with Crippen LogP contribution in [0.2, 0.25) is 0 Å². The molecule has 1 aromatic rings. The topological polar surface area (TPSA) is 113 Å². The largest absolute Gasteiger partial charge is 0.508 e. The third-order valence-electron chi connectivity index (χ3n) is 4.34. The number of non-ortho nitro benzene ring substituents is 1. The van der Waals surface area contributed by atoms with Crippen LogP contribution < -0.4 is 5.32 Å². The highest BCUT2D eigenvalue weighted by Crippen LogP contribution is 2.23. The number of phenols is 1. The average molecular weight is 349 g/mol. The van der Waals surface area contributed by atoms with Gasteiger partial charge in [-0.05, 0) is 25.3 Å². The Hall–Kier alpha value is -2.64. The monoisotopic (exact) mass is 349 g/mol. The molecule has 0 bridgehead atoms. The highest BCUT2D eigenvalue weighted by Gasteiger charge is 2.28. The zero-order valence-corrected chi connectivity index (χ0v) is 14.2. The summed E-state index contributed by atoms with van der Waals surface area (Å²) in [6, 6.07) is 3.69. The van der Waals surface area contributed by atoms with Crippen molar-refractivity contribution in [1.29, 1.82) is 0 Å². The van der Waals surface area contributed by atoms with Gasteiger partial charge in [0.1, 0.15) is 5.75 Å². The fraction of sp³-hybridized carbons (Fsp3) is 0.529. The SMILES string of the molecule is CCCC(=O)N1CCCC(C(=O)NCc2cc([N+](=O)[O-])ccc2O)C1. The Morgan fingerprint density at radius 1 is 1.44 bits per heavy atom. The quantitative estimate of drug-likeness (QED) is 0.602. The number of benzene rings is 1. The van der Waals surface area contributed by atoms with Crippen molar-refractivity contribution in [2.45, 2.75) is 39.2 Å². The Labute approximate surface area is 146 Å². The van der Waals surface area contributed by atoms with Crippen LogP contribution in [0.5, 0.6) is 5.75 Å². The van der Waals surface area contributed by atoms with Crippen molar-refractivity contribution in [2.24, 2.45) is 5.92 Å². The number of nitro groups is 1. The molecule has 2 amide bonds. The number of rotatable bonds is 6. The number of phenolic OH excluding ortho intramolecular Hbond substituents is 1. The van der Waals surface area contributed by atoms with Crippen LogP contribution in [0.1, 0.15) is 38.2 Å². The first-order chi connectivity index (χ1) is 11.9. The summed E-state index contributed by atoms with van der Waals surface area (Å²) in [7, 11) is 0. The van der Waals surface area contributed by atoms with Crippen LogP contribution in [-0.4, -0.2) is 39.8 Å². The molecule has 1 aliphatic heterocycles. The molecular weight excluding hydrogens is 326 g/mol. The molecule has 0 saturated carbocycles. The van der Waals surface area contributed by atoms with Gasteiger partial charge in [-0.3, -0.25) is 19.7 Å². The van der Waals surface area contributed by atoms with Gasteiger partial charge in [0.2, 0.25) is 11.8 Å². The second kappa shape index (κ2) is 8.46. The Morgan fingerprint density at radius 3 is 2.88 bits per heavy atom. The average Bonchev–Trinajstić information content (AvgIpc) is 2.60. The molecule has 8 nitrogen and oxygen atoms in total. The van der Waals surface area contributed by atoms with E-state index >= 15 is 0 Å². The van der Waals surface area contributed by atoms with Gasteiger partial charge in [0.25, 0.3) is 5.69 Å². The minimum atomic E-state index is -0.552. The first-order valence-corrected chi connectivity index (χ1v) is 8.44. The molecule has 2 N–H and O–H groups in total. The van der Waals surface area contributed by atoms with Gasteiger partial charge in [0, 0.05) is 43.8 Å². The lowest BCUT2D eigenvalue weighted by Crippen LogP contribution is -2.45. The molecule has 1 heterocycles. The number of carbonyl (C=O) groups excluding carboxylic acids is 2. The molecule has 25 heavy (non-hydrogen) atoms. The van der Waals surface area contributed by atoms with Crippen LogP contribution in [0.15, 0.2) is 18.2 Å². The van der Waals surface area contributed by atoms with Crippen molar-refractivity contribution in [3.63, 3.8) is 0 Å². The predicted molar refractivity (Wildman–Crippen MR) is 90.8 cm³/mol. The zero-order valence-electron chi connectivity index (χ0n) is 14.2. The van der Waals surface area contributed by atoms with Crippen LogP contribution in [0.3, 0.4) is 0 Å². The van der Waals surface area contributed by atoms with Gasteiger partial charge < -0.3 is 15.3 Å². The molecule has 1 saturated heterocycles. The molecule has 136 valence electrons. The molecule has 2 rings (SSSR count). The molecule has 0 spiro atoms. The Bertz CT molecular complexity index is 662. The molecule has 1 aliphatic rings. The number of hydrogen-bond acceptors (Lipinski definition) is 5. The molecule has 1 atom stereocenters. The molecule has 0 aromatic heterocycles. The van der Waals surface area contributed by atoms with Crippen molar-refractivity contribution in [3.05, 3.63) is 33.9 Å². The van der Waals surface area contributed by atoms with Crippen molar-refractivity contribution in [1.82, 2.24) is 10.2 Å². The molecule has 0 aliphatic carbocycles. The van der Waals surface area contributed by atoms with E-state index < -0.39 is 4.92 Å². The number of nitrogens with one attached hydrogen (secondary N) is 1. The van der Waals surface area contributed by atoms with E-state index in [1.54, 1.807) is 4.90 Å². The van der Waals surface area contributed by atoms with Crippen molar-refractivity contribution in [3.8, 4) is 5.75 Å². The smallest absolute Gasteiger partial charge is 0.270 e. The molecular formula is C17H23N3O5. The minimum Gasteiger partial charge on any atom is -0.508 e. The Balaban J connectivity index is 1.95. The van der Waals surface area contributed by atoms with Crippen LogP contribution in [-0.2, 0) is 16.1 Å². The van der Waals surface area contributed by atoms with Crippen LogP contribution in [0.4, 0.5) is 5.69 Å². The summed E-state index contributed by atoms with van der Waals surface area (Å²) in [5.41, 5.74) is 0.147. The second-order valence-corrected chi connectivity index (χ2v) is 6.22. The maximum absolute atomic E-state index is 12.4. The molecule has 1 unspecified atom stereocenters. The van der Waals surface area contributed by atoms with Crippen molar-refractivity contribution >= 4 is 17.5 Å². The van der Waals surface area contributed by atoms with Gasteiger partial charge in [-0.1, -0.05) is 6.92 Å². The van der Waals surface area contributed by atoms with Crippen molar-refractivity contribution in [2.75, 3.05) is 13.1 Å². The van der Waals surface area contributed by atoms with E-state index in [1.165, 1.54) is 18.2 Å². The highest BCUT2D eigenvalue weighted by atomic mass is 16.6. The van der Waals surface area contributed by atoms with E-state index in [2.05, 4.69) is 5.32 Å². The summed E-state index contributed by atoms with van der Waals surface area (Å²) in [5.74, 6) is -0.541. The van der Waals surface area contributed by atoms with Crippen LogP contribution >= 0.6 is 0 Å². The van der Waals surface area contributed by atoms with Gasteiger partial charge in [-0.2, -0.15) is 0 Å². The number of likely N-dealkylation sites (tertiary alicyclic amines) is 1. The third kappa shape index (κ3) is 4.91. The van der Waals surface area contributed by atoms with E-state index in [4.69, 9.17) is 0 Å². The number of piperidine rings is 1. The summed E-state index contributed by atoms with van der Waals surface area (Å²) < 4.78 is 0. The van der Waals surface area contributed by atoms with E-state index in [-0.39, 0.29) is 41.3 Å². The number of nitrogens with zero attached hydrogens (tertiary/aromatic N) is 2. The summed E-state index contributed by atoms with van der Waals surface area (Å²) in [6.07, 6.45) is 2.73. The lowest BCUT2D eigenvalue weighted by Gasteiger charge is -2.32. The Kier molecular flexibility index (Phi) is 6.32. The second-order valence-electron chi connectivity index (χ2n) is 6.22. The van der Waals surface area contributed by atoms with Gasteiger partial charge in [0.05, 0.1) is 10.8 Å². The van der Waals surface area contributed by atoms with Crippen LogP contribution in [0, 0.1) is 16.0 Å². The number of carbonyl (C=O) groups is 2. The standard InChI is InChI=1S/C17H23N3O5/c1-2-4-16(22)19-8-3-5-12(11-19)17(23)18-10-13-9-14(20(24)25)6-7-15(13)21/h6-7,9,12,21H,2-5,8,10-11H2,1H3,(H,18,23). The van der Waals surface area contributed by atoms with Gasteiger partial charge >= 0.3 is 0 Å². The fourth-order valence-corrected chi connectivity index (χ4v) is 2.94. The van der Waals surface area contributed by atoms with Crippen LogP contribution in [0.25, 0.3) is 0 Å². The van der Waals surface area contributed by atoms with Gasteiger partial charge in [-0.25, -0.2) is 0 Å². The van der Waals surface area contributed by atoms with E-state index in [9.17, 15) is 24.8 Å². The first kappa shape index (κ1) is 18.7. The summed E-state index contributed by atoms with van der Waals surface area (Å²) in [4.78, 5) is 36.3. The summed E-state index contributed by atoms with van der Waals surface area (Å²) in [6.45, 7) is 3.02. The normalized spacial score (nSPS) is 17.2. The highest BCUT2D eigenvalue weighted by molar-refractivity contribution is 5.81. The number of nitro benzene ring substituents is 1. The van der Waals surface area contributed by atoms with E-state index in [0.717, 1.165) is 12.8 Å². The van der Waals surface area contributed by atoms with E-state index in [1.807, 2.05) is 6.92 Å². The maximum atomic E-state index is 12.4.